The summed E-state index contributed by atoms with van der Waals surface area (Å²) in [6.45, 7) is 1.87. The van der Waals surface area contributed by atoms with Crippen molar-refractivity contribution in [2.75, 3.05) is 11.1 Å². The van der Waals surface area contributed by atoms with Gasteiger partial charge in [-0.15, -0.1) is 16.9 Å². The van der Waals surface area contributed by atoms with Crippen molar-refractivity contribution in [3.63, 3.8) is 0 Å². The van der Waals surface area contributed by atoms with Gasteiger partial charge >= 0.3 is 0 Å². The maximum absolute atomic E-state index is 12.6. The molecule has 1 heterocycles. The summed E-state index contributed by atoms with van der Waals surface area (Å²) in [4.78, 5) is 13.6. The SMILES string of the molecule is C[C@H](C#N)CSc1ccccc1NC(=O)c1cccc(-n2cnnn2)c1. The summed E-state index contributed by atoms with van der Waals surface area (Å²) in [5, 5.41) is 22.9. The highest BCUT2D eigenvalue weighted by Crippen LogP contribution is 2.29. The number of rotatable bonds is 6. The summed E-state index contributed by atoms with van der Waals surface area (Å²) in [5.74, 6) is 0.385. The minimum absolute atomic E-state index is 0.0586. The number of nitriles is 1. The van der Waals surface area contributed by atoms with E-state index in [1.165, 1.54) is 11.0 Å². The second kappa shape index (κ2) is 8.27. The van der Waals surface area contributed by atoms with Crippen LogP contribution in [-0.2, 0) is 0 Å². The van der Waals surface area contributed by atoms with E-state index in [-0.39, 0.29) is 11.8 Å². The maximum Gasteiger partial charge on any atom is 0.255 e. The number of hydrogen-bond acceptors (Lipinski definition) is 6. The molecule has 3 rings (SSSR count). The Kier molecular flexibility index (Phi) is 5.61. The van der Waals surface area contributed by atoms with Crippen molar-refractivity contribution in [1.82, 2.24) is 20.2 Å². The lowest BCUT2D eigenvalue weighted by Crippen LogP contribution is -2.13. The van der Waals surface area contributed by atoms with Crippen LogP contribution in [0, 0.1) is 17.2 Å². The van der Waals surface area contributed by atoms with Gasteiger partial charge in [-0.1, -0.05) is 18.2 Å². The van der Waals surface area contributed by atoms with Gasteiger partial charge in [0.15, 0.2) is 0 Å². The highest BCUT2D eigenvalue weighted by Gasteiger charge is 2.11. The predicted octanol–water partition coefficient (Wildman–Crippen LogP) is 3.17. The van der Waals surface area contributed by atoms with E-state index in [0.29, 0.717) is 17.0 Å². The van der Waals surface area contributed by atoms with Gasteiger partial charge in [-0.25, -0.2) is 4.68 Å². The third kappa shape index (κ3) is 4.26. The van der Waals surface area contributed by atoms with Crippen molar-refractivity contribution in [3.05, 3.63) is 60.4 Å². The number of thioether (sulfide) groups is 1. The van der Waals surface area contributed by atoms with Gasteiger partial charge in [0.25, 0.3) is 5.91 Å². The molecule has 1 amide bonds. The van der Waals surface area contributed by atoms with Crippen LogP contribution in [0.1, 0.15) is 17.3 Å². The first kappa shape index (κ1) is 17.6. The molecule has 26 heavy (non-hydrogen) atoms. The van der Waals surface area contributed by atoms with Crippen LogP contribution < -0.4 is 5.32 Å². The third-order valence-electron chi connectivity index (χ3n) is 3.57. The zero-order valence-electron chi connectivity index (χ0n) is 14.0. The summed E-state index contributed by atoms with van der Waals surface area (Å²) >= 11 is 1.55. The van der Waals surface area contributed by atoms with Crippen LogP contribution in [0.3, 0.4) is 0 Å². The summed E-state index contributed by atoms with van der Waals surface area (Å²) in [7, 11) is 0. The van der Waals surface area contributed by atoms with Crippen LogP contribution in [0.2, 0.25) is 0 Å². The predicted molar refractivity (Wildman–Crippen MR) is 99.1 cm³/mol. The van der Waals surface area contributed by atoms with E-state index in [0.717, 1.165) is 10.6 Å². The zero-order chi connectivity index (χ0) is 18.4. The van der Waals surface area contributed by atoms with Crippen LogP contribution in [0.25, 0.3) is 5.69 Å². The van der Waals surface area contributed by atoms with E-state index in [4.69, 9.17) is 5.26 Å². The molecule has 2 aromatic carbocycles. The molecule has 0 aliphatic carbocycles. The number of tetrazole rings is 1. The molecule has 7 nitrogen and oxygen atoms in total. The fourth-order valence-electron chi connectivity index (χ4n) is 2.21. The molecular weight excluding hydrogens is 348 g/mol. The Morgan fingerprint density at radius 3 is 2.92 bits per heavy atom. The molecule has 0 unspecified atom stereocenters. The second-order valence-corrected chi connectivity index (χ2v) is 6.66. The number of amides is 1. The Hall–Kier alpha value is -3.18. The molecule has 0 spiro atoms. The van der Waals surface area contributed by atoms with Gasteiger partial charge < -0.3 is 5.32 Å². The highest BCUT2D eigenvalue weighted by molar-refractivity contribution is 7.99. The molecule has 0 saturated heterocycles. The molecule has 3 aromatic rings. The molecule has 0 radical (unpaired) electrons. The monoisotopic (exact) mass is 364 g/mol. The number of para-hydroxylation sites is 1. The number of aromatic nitrogens is 4. The Morgan fingerprint density at radius 2 is 2.15 bits per heavy atom. The van der Waals surface area contributed by atoms with Crippen LogP contribution in [-0.4, -0.2) is 31.9 Å². The molecule has 0 aliphatic rings. The molecule has 1 N–H and O–H groups in total. The first-order chi connectivity index (χ1) is 12.7. The number of nitrogens with one attached hydrogen (secondary N) is 1. The maximum atomic E-state index is 12.6. The molecule has 1 atom stereocenters. The van der Waals surface area contributed by atoms with Crippen molar-refractivity contribution < 1.29 is 4.79 Å². The second-order valence-electron chi connectivity index (χ2n) is 5.60. The molecule has 0 bridgehead atoms. The van der Waals surface area contributed by atoms with Gasteiger partial charge in [-0.2, -0.15) is 5.26 Å². The average Bonchev–Trinajstić information content (AvgIpc) is 3.22. The lowest BCUT2D eigenvalue weighted by atomic mass is 10.2. The number of benzene rings is 2. The van der Waals surface area contributed by atoms with E-state index in [1.54, 1.807) is 30.0 Å². The van der Waals surface area contributed by atoms with Crippen molar-refractivity contribution in [3.8, 4) is 11.8 Å². The summed E-state index contributed by atoms with van der Waals surface area (Å²) in [6, 6.07) is 16.8. The van der Waals surface area contributed by atoms with Gasteiger partial charge in [0.05, 0.1) is 23.4 Å². The van der Waals surface area contributed by atoms with E-state index in [9.17, 15) is 4.79 Å². The van der Waals surface area contributed by atoms with Crippen molar-refractivity contribution in [2.45, 2.75) is 11.8 Å². The largest absolute Gasteiger partial charge is 0.321 e. The Morgan fingerprint density at radius 1 is 1.31 bits per heavy atom. The fourth-order valence-corrected chi connectivity index (χ4v) is 3.17. The number of anilines is 1. The molecular formula is C18H16N6OS. The molecule has 0 aliphatic heterocycles. The molecule has 8 heteroatoms. The highest BCUT2D eigenvalue weighted by atomic mass is 32.2. The Bertz CT molecular complexity index is 935. The van der Waals surface area contributed by atoms with Gasteiger partial charge in [-0.3, -0.25) is 4.79 Å². The van der Waals surface area contributed by atoms with Crippen molar-refractivity contribution >= 4 is 23.4 Å². The molecule has 130 valence electrons. The van der Waals surface area contributed by atoms with Gasteiger partial charge in [0.2, 0.25) is 0 Å². The standard InChI is InChI=1S/C18H16N6OS/c1-13(10-19)11-26-17-8-3-2-7-16(17)21-18(25)14-5-4-6-15(9-14)24-12-20-22-23-24/h2-9,12-13H,11H2,1H3,(H,21,25)/t13-/m1/s1. The number of carbonyl (C=O) groups excluding carboxylic acids is 1. The van der Waals surface area contributed by atoms with Gasteiger partial charge in [-0.05, 0) is 47.7 Å². The van der Waals surface area contributed by atoms with E-state index >= 15 is 0 Å². The normalized spacial score (nSPS) is 11.5. The lowest BCUT2D eigenvalue weighted by Gasteiger charge is -2.11. The van der Waals surface area contributed by atoms with Crippen LogP contribution in [0.15, 0.2) is 59.8 Å². The Balaban J connectivity index is 1.77. The quantitative estimate of drug-likeness (QED) is 0.675. The molecule has 0 saturated carbocycles. The summed E-state index contributed by atoms with van der Waals surface area (Å²) in [5.41, 5.74) is 1.93. The average molecular weight is 364 g/mol. The van der Waals surface area contributed by atoms with Gasteiger partial charge in [0, 0.05) is 16.2 Å². The summed E-state index contributed by atoms with van der Waals surface area (Å²) < 4.78 is 1.49. The lowest BCUT2D eigenvalue weighted by molar-refractivity contribution is 0.102. The first-order valence-corrected chi connectivity index (χ1v) is 8.92. The molecule has 0 fully saturated rings. The van der Waals surface area contributed by atoms with E-state index in [1.807, 2.05) is 37.3 Å². The van der Waals surface area contributed by atoms with Crippen LogP contribution in [0.4, 0.5) is 5.69 Å². The number of nitrogens with zero attached hydrogens (tertiary/aromatic N) is 5. The van der Waals surface area contributed by atoms with E-state index < -0.39 is 0 Å². The molecule has 1 aromatic heterocycles. The smallest absolute Gasteiger partial charge is 0.255 e. The van der Waals surface area contributed by atoms with Crippen LogP contribution in [0.5, 0.6) is 0 Å². The van der Waals surface area contributed by atoms with Crippen molar-refractivity contribution in [2.24, 2.45) is 5.92 Å². The number of carbonyl (C=O) groups is 1. The van der Waals surface area contributed by atoms with Gasteiger partial charge in [0.1, 0.15) is 6.33 Å². The minimum Gasteiger partial charge on any atom is -0.321 e. The van der Waals surface area contributed by atoms with Crippen LogP contribution >= 0.6 is 11.8 Å². The zero-order valence-corrected chi connectivity index (χ0v) is 14.8. The Labute approximate surface area is 155 Å². The topological polar surface area (TPSA) is 96.5 Å². The fraction of sp³-hybridized carbons (Fsp3) is 0.167. The summed E-state index contributed by atoms with van der Waals surface area (Å²) in [6.07, 6.45) is 1.47. The number of hydrogen-bond donors (Lipinski definition) is 1. The minimum atomic E-state index is -0.221. The third-order valence-corrected chi connectivity index (χ3v) is 4.90. The van der Waals surface area contributed by atoms with Crippen molar-refractivity contribution in [1.29, 1.82) is 5.26 Å². The first-order valence-electron chi connectivity index (χ1n) is 7.93. The van der Waals surface area contributed by atoms with E-state index in [2.05, 4.69) is 26.9 Å².